The molecule has 0 saturated carbocycles. The number of nitrogens with zero attached hydrogens (tertiary/aromatic N) is 1. The predicted molar refractivity (Wildman–Crippen MR) is 94.6 cm³/mol. The second-order valence-electron chi connectivity index (χ2n) is 5.00. The Labute approximate surface area is 153 Å². The Hall–Kier alpha value is -3.13. The van der Waals surface area contributed by atoms with E-state index in [1.807, 2.05) is 6.92 Å². The van der Waals surface area contributed by atoms with Crippen molar-refractivity contribution < 1.29 is 24.0 Å². The maximum Gasteiger partial charge on any atom is 0.338 e. The van der Waals surface area contributed by atoms with Gasteiger partial charge in [0.05, 0.1) is 17.1 Å². The van der Waals surface area contributed by atoms with E-state index in [-0.39, 0.29) is 22.0 Å². The van der Waals surface area contributed by atoms with Crippen LogP contribution in [0.4, 0.5) is 11.4 Å². The Balaban J connectivity index is 1.91. The highest BCUT2D eigenvalue weighted by atomic mass is 35.5. The van der Waals surface area contributed by atoms with Crippen molar-refractivity contribution in [3.8, 4) is 5.75 Å². The van der Waals surface area contributed by atoms with Crippen molar-refractivity contribution in [1.82, 2.24) is 0 Å². The summed E-state index contributed by atoms with van der Waals surface area (Å²) < 4.78 is 10.2. The Kier molecular flexibility index (Phi) is 6.51. The lowest BCUT2D eigenvalue weighted by Crippen LogP contribution is -2.21. The number of halogens is 1. The van der Waals surface area contributed by atoms with Crippen LogP contribution in [0.15, 0.2) is 42.5 Å². The summed E-state index contributed by atoms with van der Waals surface area (Å²) in [6, 6.07) is 10.1. The maximum atomic E-state index is 11.9. The van der Waals surface area contributed by atoms with E-state index in [0.29, 0.717) is 12.4 Å². The van der Waals surface area contributed by atoms with Crippen molar-refractivity contribution in [2.45, 2.75) is 6.92 Å². The summed E-state index contributed by atoms with van der Waals surface area (Å²) in [6.45, 7) is 1.81. The first-order chi connectivity index (χ1) is 12.4. The Morgan fingerprint density at radius 3 is 2.50 bits per heavy atom. The third-order valence-corrected chi connectivity index (χ3v) is 3.48. The first kappa shape index (κ1) is 19.2. The van der Waals surface area contributed by atoms with Gasteiger partial charge in [-0.25, -0.2) is 4.79 Å². The van der Waals surface area contributed by atoms with Gasteiger partial charge in [0.25, 0.3) is 11.6 Å². The molecular weight excluding hydrogens is 364 g/mol. The Morgan fingerprint density at radius 2 is 1.88 bits per heavy atom. The SMILES string of the molecule is CCOc1ccc(C(=O)OCC(=O)Nc2ccc(Cl)c([N+](=O)[O-])c2)cc1. The zero-order valence-corrected chi connectivity index (χ0v) is 14.5. The van der Waals surface area contributed by atoms with Gasteiger partial charge in [-0.05, 0) is 43.3 Å². The van der Waals surface area contributed by atoms with Crippen LogP contribution in [-0.4, -0.2) is 30.0 Å². The van der Waals surface area contributed by atoms with Crippen molar-refractivity contribution in [3.05, 3.63) is 63.2 Å². The van der Waals surface area contributed by atoms with Gasteiger partial charge in [-0.3, -0.25) is 14.9 Å². The summed E-state index contributed by atoms with van der Waals surface area (Å²) in [7, 11) is 0. The molecule has 0 radical (unpaired) electrons. The molecule has 1 amide bonds. The van der Waals surface area contributed by atoms with Crippen molar-refractivity contribution in [2.24, 2.45) is 0 Å². The molecule has 0 aliphatic heterocycles. The van der Waals surface area contributed by atoms with E-state index in [0.717, 1.165) is 6.07 Å². The van der Waals surface area contributed by atoms with Crippen LogP contribution in [0.5, 0.6) is 5.75 Å². The van der Waals surface area contributed by atoms with E-state index < -0.39 is 23.4 Å². The number of carbonyl (C=O) groups is 2. The molecule has 0 unspecified atom stereocenters. The number of nitro groups is 1. The van der Waals surface area contributed by atoms with Crippen LogP contribution in [0.1, 0.15) is 17.3 Å². The summed E-state index contributed by atoms with van der Waals surface area (Å²) in [6.07, 6.45) is 0. The Bertz CT molecular complexity index is 823. The number of anilines is 1. The first-order valence-corrected chi connectivity index (χ1v) is 7.92. The van der Waals surface area contributed by atoms with Gasteiger partial charge in [-0.2, -0.15) is 0 Å². The standard InChI is InChI=1S/C17H15ClN2O6/c1-2-25-13-6-3-11(4-7-13)17(22)26-10-16(21)19-12-5-8-14(18)15(9-12)20(23)24/h3-9H,2,10H2,1H3,(H,19,21). The van der Waals surface area contributed by atoms with E-state index in [1.165, 1.54) is 24.3 Å². The number of amides is 1. The van der Waals surface area contributed by atoms with Crippen LogP contribution < -0.4 is 10.1 Å². The van der Waals surface area contributed by atoms with Gasteiger partial charge in [-0.1, -0.05) is 11.6 Å². The molecule has 0 spiro atoms. The van der Waals surface area contributed by atoms with E-state index in [4.69, 9.17) is 21.1 Å². The lowest BCUT2D eigenvalue weighted by atomic mass is 10.2. The van der Waals surface area contributed by atoms with Crippen LogP contribution in [-0.2, 0) is 9.53 Å². The molecule has 2 rings (SSSR count). The topological polar surface area (TPSA) is 108 Å². The maximum absolute atomic E-state index is 11.9. The van der Waals surface area contributed by atoms with Crippen LogP contribution in [0.2, 0.25) is 5.02 Å². The van der Waals surface area contributed by atoms with Gasteiger partial charge < -0.3 is 14.8 Å². The molecule has 0 bridgehead atoms. The molecule has 0 atom stereocenters. The molecule has 0 aromatic heterocycles. The Morgan fingerprint density at radius 1 is 1.19 bits per heavy atom. The average Bonchev–Trinajstić information content (AvgIpc) is 2.62. The van der Waals surface area contributed by atoms with Crippen molar-refractivity contribution in [1.29, 1.82) is 0 Å². The molecular formula is C17H15ClN2O6. The fourth-order valence-electron chi connectivity index (χ4n) is 2.00. The zero-order chi connectivity index (χ0) is 19.1. The number of ether oxygens (including phenoxy) is 2. The van der Waals surface area contributed by atoms with Gasteiger partial charge >= 0.3 is 5.97 Å². The minimum Gasteiger partial charge on any atom is -0.494 e. The predicted octanol–water partition coefficient (Wildman–Crippen LogP) is 3.44. The smallest absolute Gasteiger partial charge is 0.338 e. The lowest BCUT2D eigenvalue weighted by molar-refractivity contribution is -0.384. The molecule has 136 valence electrons. The fourth-order valence-corrected chi connectivity index (χ4v) is 2.18. The number of hydrogen-bond acceptors (Lipinski definition) is 6. The minimum atomic E-state index is -0.676. The van der Waals surface area contributed by atoms with Gasteiger partial charge in [0.2, 0.25) is 0 Å². The highest BCUT2D eigenvalue weighted by Crippen LogP contribution is 2.27. The molecule has 0 fully saturated rings. The number of rotatable bonds is 7. The van der Waals surface area contributed by atoms with Crippen LogP contribution >= 0.6 is 11.6 Å². The number of carbonyl (C=O) groups excluding carboxylic acids is 2. The second kappa shape index (κ2) is 8.82. The highest BCUT2D eigenvalue weighted by molar-refractivity contribution is 6.32. The number of esters is 1. The van der Waals surface area contributed by atoms with E-state index in [9.17, 15) is 19.7 Å². The van der Waals surface area contributed by atoms with E-state index >= 15 is 0 Å². The number of nitrogens with one attached hydrogen (secondary N) is 1. The summed E-state index contributed by atoms with van der Waals surface area (Å²) in [4.78, 5) is 33.9. The zero-order valence-electron chi connectivity index (χ0n) is 13.7. The molecule has 2 aromatic carbocycles. The second-order valence-corrected chi connectivity index (χ2v) is 5.41. The van der Waals surface area contributed by atoms with Gasteiger partial charge in [-0.15, -0.1) is 0 Å². The van der Waals surface area contributed by atoms with Crippen LogP contribution in [0.3, 0.4) is 0 Å². The summed E-state index contributed by atoms with van der Waals surface area (Å²) in [5.41, 5.74) is 0.0995. The van der Waals surface area contributed by atoms with Gasteiger partial charge in [0.1, 0.15) is 10.8 Å². The van der Waals surface area contributed by atoms with Crippen molar-refractivity contribution >= 4 is 34.9 Å². The largest absolute Gasteiger partial charge is 0.494 e. The highest BCUT2D eigenvalue weighted by Gasteiger charge is 2.15. The number of hydrogen-bond donors (Lipinski definition) is 1. The third kappa shape index (κ3) is 5.18. The van der Waals surface area contributed by atoms with Crippen LogP contribution in [0.25, 0.3) is 0 Å². The third-order valence-electron chi connectivity index (χ3n) is 3.16. The monoisotopic (exact) mass is 378 g/mol. The van der Waals surface area contributed by atoms with Crippen LogP contribution in [0, 0.1) is 10.1 Å². The average molecular weight is 379 g/mol. The summed E-state index contributed by atoms with van der Waals surface area (Å²) >= 11 is 5.70. The molecule has 1 N–H and O–H groups in total. The van der Waals surface area contributed by atoms with E-state index in [1.54, 1.807) is 12.1 Å². The normalized spacial score (nSPS) is 10.1. The molecule has 0 aliphatic carbocycles. The number of benzene rings is 2. The molecule has 0 saturated heterocycles. The quantitative estimate of drug-likeness (QED) is 0.449. The fraction of sp³-hybridized carbons (Fsp3) is 0.176. The minimum absolute atomic E-state index is 0.0464. The summed E-state index contributed by atoms with van der Waals surface area (Å²) in [5, 5.41) is 13.2. The molecule has 26 heavy (non-hydrogen) atoms. The molecule has 0 aliphatic rings. The number of nitro benzene ring substituents is 1. The van der Waals surface area contributed by atoms with Crippen molar-refractivity contribution in [3.63, 3.8) is 0 Å². The van der Waals surface area contributed by atoms with Gasteiger partial charge in [0.15, 0.2) is 6.61 Å². The van der Waals surface area contributed by atoms with Gasteiger partial charge in [0, 0.05) is 11.8 Å². The first-order valence-electron chi connectivity index (χ1n) is 7.54. The van der Waals surface area contributed by atoms with Crippen molar-refractivity contribution in [2.75, 3.05) is 18.5 Å². The molecule has 9 heteroatoms. The van der Waals surface area contributed by atoms with E-state index in [2.05, 4.69) is 5.32 Å². The molecule has 0 heterocycles. The summed E-state index contributed by atoms with van der Waals surface area (Å²) in [5.74, 6) is -0.697. The molecule has 2 aromatic rings. The molecule has 8 nitrogen and oxygen atoms in total. The lowest BCUT2D eigenvalue weighted by Gasteiger charge is -2.08.